The number of benzene rings is 1. The molecule has 2 aromatic rings. The number of thioether (sulfide) groups is 1. The van der Waals surface area contributed by atoms with Crippen LogP contribution in [-0.4, -0.2) is 24.6 Å². The van der Waals surface area contributed by atoms with Crippen LogP contribution in [0.2, 0.25) is 0 Å². The molecule has 4 nitrogen and oxygen atoms in total. The number of thiophene rings is 1. The number of amides is 2. The van der Waals surface area contributed by atoms with Crippen molar-refractivity contribution in [1.29, 1.82) is 0 Å². The van der Waals surface area contributed by atoms with Crippen LogP contribution in [0, 0.1) is 20.8 Å². The second-order valence-corrected chi connectivity index (χ2v) is 7.49. The average Bonchev–Trinajstić information content (AvgIpc) is 2.80. The van der Waals surface area contributed by atoms with Crippen molar-refractivity contribution in [3.63, 3.8) is 0 Å². The Labute approximate surface area is 144 Å². The normalized spacial score (nSPS) is 10.4. The van der Waals surface area contributed by atoms with E-state index < -0.39 is 0 Å². The monoisotopic (exact) mass is 348 g/mol. The molecule has 0 aliphatic rings. The summed E-state index contributed by atoms with van der Waals surface area (Å²) >= 11 is 2.91. The second-order valence-electron chi connectivity index (χ2n) is 5.22. The van der Waals surface area contributed by atoms with Gasteiger partial charge >= 0.3 is 0 Å². The number of nitrogens with one attached hydrogen (secondary N) is 2. The Balaban J connectivity index is 2.04. The molecule has 0 saturated carbocycles. The highest BCUT2D eigenvalue weighted by Gasteiger charge is 2.20. The third-order valence-electron chi connectivity index (χ3n) is 3.48. The lowest BCUT2D eigenvalue weighted by Gasteiger charge is -2.07. The molecule has 2 rings (SSSR count). The Bertz CT molecular complexity index is 721. The molecule has 122 valence electrons. The average molecular weight is 348 g/mol. The first-order valence-electron chi connectivity index (χ1n) is 7.23. The van der Waals surface area contributed by atoms with Crippen LogP contribution in [0.3, 0.4) is 0 Å². The van der Waals surface area contributed by atoms with Gasteiger partial charge in [-0.2, -0.15) is 0 Å². The summed E-state index contributed by atoms with van der Waals surface area (Å²) in [5.74, 6) is 0.0296. The molecule has 0 unspecified atom stereocenters. The van der Waals surface area contributed by atoms with E-state index in [4.69, 9.17) is 0 Å². The SMILES string of the molecule is CNC(=O)c1c(NC(=O)CSc2ccc(C)cc2)sc(C)c1C. The highest BCUT2D eigenvalue weighted by atomic mass is 32.2. The van der Waals surface area contributed by atoms with Gasteiger partial charge < -0.3 is 10.6 Å². The summed E-state index contributed by atoms with van der Waals surface area (Å²) in [6.45, 7) is 5.87. The minimum atomic E-state index is -0.173. The molecule has 6 heteroatoms. The van der Waals surface area contributed by atoms with E-state index in [0.29, 0.717) is 16.3 Å². The van der Waals surface area contributed by atoms with E-state index in [-0.39, 0.29) is 11.8 Å². The Morgan fingerprint density at radius 1 is 1.13 bits per heavy atom. The summed E-state index contributed by atoms with van der Waals surface area (Å²) in [5.41, 5.74) is 2.66. The number of aryl methyl sites for hydroxylation is 2. The van der Waals surface area contributed by atoms with Crippen molar-refractivity contribution in [2.24, 2.45) is 0 Å². The zero-order valence-corrected chi connectivity index (χ0v) is 15.3. The Kier molecular flexibility index (Phi) is 5.85. The lowest BCUT2D eigenvalue weighted by Crippen LogP contribution is -2.21. The Hall–Kier alpha value is -1.79. The molecule has 0 bridgehead atoms. The van der Waals surface area contributed by atoms with Crippen LogP contribution in [0.15, 0.2) is 29.2 Å². The van der Waals surface area contributed by atoms with Gasteiger partial charge in [0.2, 0.25) is 5.91 Å². The first kappa shape index (κ1) is 17.6. The van der Waals surface area contributed by atoms with E-state index in [1.165, 1.54) is 28.7 Å². The maximum atomic E-state index is 12.2. The van der Waals surface area contributed by atoms with Crippen molar-refractivity contribution in [2.45, 2.75) is 25.7 Å². The predicted octanol–water partition coefficient (Wildman–Crippen LogP) is 3.76. The van der Waals surface area contributed by atoms with Crippen molar-refractivity contribution >= 4 is 39.9 Å². The molecule has 23 heavy (non-hydrogen) atoms. The molecule has 2 amide bonds. The maximum absolute atomic E-state index is 12.2. The van der Waals surface area contributed by atoms with E-state index in [1.54, 1.807) is 7.05 Å². The van der Waals surface area contributed by atoms with Crippen molar-refractivity contribution in [1.82, 2.24) is 5.32 Å². The maximum Gasteiger partial charge on any atom is 0.254 e. The zero-order valence-electron chi connectivity index (χ0n) is 13.6. The van der Waals surface area contributed by atoms with Crippen LogP contribution in [0.4, 0.5) is 5.00 Å². The molecule has 0 aliphatic heterocycles. The largest absolute Gasteiger partial charge is 0.355 e. The van der Waals surface area contributed by atoms with Crippen LogP contribution in [-0.2, 0) is 4.79 Å². The van der Waals surface area contributed by atoms with E-state index >= 15 is 0 Å². The smallest absolute Gasteiger partial charge is 0.254 e. The van der Waals surface area contributed by atoms with Gasteiger partial charge in [0.25, 0.3) is 5.91 Å². The van der Waals surface area contributed by atoms with Crippen LogP contribution in [0.25, 0.3) is 0 Å². The second kappa shape index (κ2) is 7.66. The van der Waals surface area contributed by atoms with Crippen molar-refractivity contribution in [3.05, 3.63) is 45.8 Å². The third kappa shape index (κ3) is 4.36. The lowest BCUT2D eigenvalue weighted by atomic mass is 10.1. The first-order chi connectivity index (χ1) is 10.9. The molecule has 0 radical (unpaired) electrons. The summed E-state index contributed by atoms with van der Waals surface area (Å²) in [5, 5.41) is 6.11. The van der Waals surface area contributed by atoms with Gasteiger partial charge in [-0.25, -0.2) is 0 Å². The lowest BCUT2D eigenvalue weighted by molar-refractivity contribution is -0.113. The number of hydrogen-bond acceptors (Lipinski definition) is 4. The van der Waals surface area contributed by atoms with Crippen molar-refractivity contribution < 1.29 is 9.59 Å². The number of anilines is 1. The molecule has 0 aliphatic carbocycles. The van der Waals surface area contributed by atoms with Crippen LogP contribution >= 0.6 is 23.1 Å². The number of rotatable bonds is 5. The van der Waals surface area contributed by atoms with E-state index in [0.717, 1.165) is 15.3 Å². The molecule has 0 atom stereocenters. The molecule has 1 aromatic carbocycles. The standard InChI is InChI=1S/C17H20N2O2S2/c1-10-5-7-13(8-6-10)22-9-14(20)19-17-15(16(21)18-4)11(2)12(3)23-17/h5-8H,9H2,1-4H3,(H,18,21)(H,19,20). The van der Waals surface area contributed by atoms with Gasteiger partial charge in [-0.15, -0.1) is 23.1 Å². The molecular weight excluding hydrogens is 328 g/mol. The fraction of sp³-hybridized carbons (Fsp3) is 0.294. The van der Waals surface area contributed by atoms with Gasteiger partial charge in [-0.1, -0.05) is 17.7 Å². The minimum absolute atomic E-state index is 0.109. The summed E-state index contributed by atoms with van der Waals surface area (Å²) in [4.78, 5) is 26.3. The Morgan fingerprint density at radius 2 is 1.78 bits per heavy atom. The molecule has 0 saturated heterocycles. The number of carbonyl (C=O) groups excluding carboxylic acids is 2. The number of carbonyl (C=O) groups is 2. The van der Waals surface area contributed by atoms with E-state index in [2.05, 4.69) is 10.6 Å². The summed E-state index contributed by atoms with van der Waals surface area (Å²) < 4.78 is 0. The van der Waals surface area contributed by atoms with E-state index in [1.807, 2.05) is 45.0 Å². The quantitative estimate of drug-likeness (QED) is 0.809. The summed E-state index contributed by atoms with van der Waals surface area (Å²) in [6, 6.07) is 8.05. The Morgan fingerprint density at radius 3 is 2.39 bits per heavy atom. The van der Waals surface area contributed by atoms with Crippen molar-refractivity contribution in [3.8, 4) is 0 Å². The predicted molar refractivity (Wildman–Crippen MR) is 97.7 cm³/mol. The summed E-state index contributed by atoms with van der Waals surface area (Å²) in [7, 11) is 1.59. The van der Waals surface area contributed by atoms with Gasteiger partial charge in [-0.05, 0) is 38.5 Å². The minimum Gasteiger partial charge on any atom is -0.355 e. The highest BCUT2D eigenvalue weighted by Crippen LogP contribution is 2.32. The molecule has 1 heterocycles. The fourth-order valence-electron chi connectivity index (χ4n) is 2.06. The number of hydrogen-bond donors (Lipinski definition) is 2. The van der Waals surface area contributed by atoms with Crippen molar-refractivity contribution in [2.75, 3.05) is 18.1 Å². The van der Waals surface area contributed by atoms with Crippen LogP contribution < -0.4 is 10.6 Å². The van der Waals surface area contributed by atoms with Gasteiger partial charge in [-0.3, -0.25) is 9.59 Å². The topological polar surface area (TPSA) is 58.2 Å². The first-order valence-corrected chi connectivity index (χ1v) is 9.04. The molecule has 0 spiro atoms. The van der Waals surface area contributed by atoms with E-state index in [9.17, 15) is 9.59 Å². The van der Waals surface area contributed by atoms with Crippen LogP contribution in [0.5, 0.6) is 0 Å². The molecular formula is C17H20N2O2S2. The molecule has 1 aromatic heterocycles. The summed E-state index contributed by atoms with van der Waals surface area (Å²) in [6.07, 6.45) is 0. The fourth-order valence-corrected chi connectivity index (χ4v) is 3.83. The highest BCUT2D eigenvalue weighted by molar-refractivity contribution is 8.00. The van der Waals surface area contributed by atoms with Gasteiger partial charge in [0.15, 0.2) is 0 Å². The third-order valence-corrected chi connectivity index (χ3v) is 5.62. The molecule has 2 N–H and O–H groups in total. The zero-order chi connectivity index (χ0) is 17.0. The van der Waals surface area contributed by atoms with Gasteiger partial charge in [0.1, 0.15) is 5.00 Å². The van der Waals surface area contributed by atoms with Crippen LogP contribution in [0.1, 0.15) is 26.4 Å². The van der Waals surface area contributed by atoms with Gasteiger partial charge in [0.05, 0.1) is 11.3 Å². The molecule has 0 fully saturated rings. The van der Waals surface area contributed by atoms with Gasteiger partial charge in [0, 0.05) is 16.8 Å².